The van der Waals surface area contributed by atoms with Gasteiger partial charge in [-0.3, -0.25) is 4.79 Å². The third-order valence-corrected chi connectivity index (χ3v) is 6.05. The molecule has 0 atom stereocenters. The molecule has 7 heteroatoms. The average molecular weight is 377 g/mol. The van der Waals surface area contributed by atoms with Gasteiger partial charge in [-0.25, -0.2) is 4.39 Å². The van der Waals surface area contributed by atoms with Crippen LogP contribution in [0.4, 0.5) is 4.39 Å². The van der Waals surface area contributed by atoms with Crippen LogP contribution in [0, 0.1) is 5.82 Å². The van der Waals surface area contributed by atoms with E-state index < -0.39 is 18.3 Å². The summed E-state index contributed by atoms with van der Waals surface area (Å²) in [7, 11) is 0.931. The Kier molecular flexibility index (Phi) is 5.66. The maximum atomic E-state index is 14.4. The molecule has 2 fully saturated rings. The molecule has 0 bridgehead atoms. The van der Waals surface area contributed by atoms with Gasteiger partial charge in [0.1, 0.15) is 5.82 Å². The van der Waals surface area contributed by atoms with E-state index in [1.54, 1.807) is 19.2 Å². The van der Waals surface area contributed by atoms with Crippen molar-refractivity contribution in [2.24, 2.45) is 0 Å². The van der Waals surface area contributed by atoms with Crippen LogP contribution >= 0.6 is 0 Å². The van der Waals surface area contributed by atoms with Crippen molar-refractivity contribution >= 4 is 18.5 Å². The molecule has 2 heterocycles. The predicted octanol–water partition coefficient (Wildman–Crippen LogP) is 2.30. The Morgan fingerprint density at radius 3 is 2.37 bits per heavy atom. The van der Waals surface area contributed by atoms with Crippen LogP contribution in [0.25, 0.3) is 0 Å². The number of halogens is 1. The van der Waals surface area contributed by atoms with E-state index >= 15 is 0 Å². The van der Waals surface area contributed by atoms with E-state index in [4.69, 9.17) is 14.0 Å². The van der Waals surface area contributed by atoms with E-state index in [9.17, 15) is 9.18 Å². The van der Waals surface area contributed by atoms with Crippen LogP contribution < -0.4 is 5.46 Å². The number of hydrogen-bond donors (Lipinski definition) is 0. The van der Waals surface area contributed by atoms with Crippen molar-refractivity contribution in [2.45, 2.75) is 64.3 Å². The molecule has 1 aromatic carbocycles. The molecule has 1 aromatic rings. The van der Waals surface area contributed by atoms with Gasteiger partial charge in [0.15, 0.2) is 0 Å². The number of carbonyl (C=O) groups excluding carboxylic acids is 1. The molecule has 0 spiro atoms. The van der Waals surface area contributed by atoms with Crippen LogP contribution in [0.3, 0.4) is 0 Å². The number of hydrogen-bond acceptors (Lipinski definition) is 4. The van der Waals surface area contributed by atoms with E-state index in [1.165, 1.54) is 6.07 Å². The second-order valence-electron chi connectivity index (χ2n) is 8.44. The lowest BCUT2D eigenvalue weighted by molar-refractivity contribution is -0.132. The second-order valence-corrected chi connectivity index (χ2v) is 8.44. The summed E-state index contributed by atoms with van der Waals surface area (Å²) in [6, 6.07) is 4.74. The third-order valence-electron chi connectivity index (χ3n) is 6.05. The monoisotopic (exact) mass is 377 g/mol. The zero-order chi connectivity index (χ0) is 19.8. The minimum absolute atomic E-state index is 0.0519. The molecule has 3 rings (SSSR count). The topological polar surface area (TPSA) is 48.0 Å². The van der Waals surface area contributed by atoms with Gasteiger partial charge in [0, 0.05) is 25.7 Å². The highest BCUT2D eigenvalue weighted by atomic mass is 19.1. The number of amides is 1. The van der Waals surface area contributed by atoms with Crippen LogP contribution in [0.5, 0.6) is 0 Å². The molecular formula is C20H29BFNO4. The molecule has 5 nitrogen and oxygen atoms in total. The highest BCUT2D eigenvalue weighted by Gasteiger charge is 2.52. The standard InChI is InChI=1S/C20H29BFNO4/c1-19(2)20(3,4)27-21(26-19)16-12-14(6-7-17(16)22)13-18(24)23-10-8-15(25-5)9-11-23/h6-7,12,15H,8-11,13H2,1-5H3. The minimum atomic E-state index is -0.775. The van der Waals surface area contributed by atoms with Crippen LogP contribution in [0.1, 0.15) is 46.1 Å². The number of ether oxygens (including phenoxy) is 1. The second kappa shape index (κ2) is 7.53. The zero-order valence-corrected chi connectivity index (χ0v) is 16.9. The fraction of sp³-hybridized carbons (Fsp3) is 0.650. The lowest BCUT2D eigenvalue weighted by Gasteiger charge is -2.32. The van der Waals surface area contributed by atoms with Crippen molar-refractivity contribution in [3.05, 3.63) is 29.6 Å². The number of piperidine rings is 1. The predicted molar refractivity (Wildman–Crippen MR) is 102 cm³/mol. The Labute approximate surface area is 161 Å². The maximum absolute atomic E-state index is 14.4. The highest BCUT2D eigenvalue weighted by molar-refractivity contribution is 6.62. The molecule has 148 valence electrons. The number of likely N-dealkylation sites (tertiary alicyclic amines) is 1. The number of methoxy groups -OCH3 is 1. The van der Waals surface area contributed by atoms with Crippen LogP contribution in [0.15, 0.2) is 18.2 Å². The summed E-state index contributed by atoms with van der Waals surface area (Å²) in [5.74, 6) is -0.332. The Hall–Kier alpha value is -1.44. The van der Waals surface area contributed by atoms with Crippen molar-refractivity contribution in [1.29, 1.82) is 0 Å². The number of nitrogens with zero attached hydrogens (tertiary/aromatic N) is 1. The van der Waals surface area contributed by atoms with Gasteiger partial charge in [-0.1, -0.05) is 12.1 Å². The first-order valence-corrected chi connectivity index (χ1v) is 9.57. The summed E-state index contributed by atoms with van der Waals surface area (Å²) in [4.78, 5) is 14.5. The normalized spacial score (nSPS) is 22.3. The van der Waals surface area contributed by atoms with E-state index in [1.807, 2.05) is 32.6 Å². The first kappa shape index (κ1) is 20.3. The van der Waals surface area contributed by atoms with Gasteiger partial charge in [0.25, 0.3) is 0 Å². The Morgan fingerprint density at radius 1 is 1.22 bits per heavy atom. The van der Waals surface area contributed by atoms with Gasteiger partial charge in [0.05, 0.1) is 23.7 Å². The molecule has 27 heavy (non-hydrogen) atoms. The molecule has 0 radical (unpaired) electrons. The van der Waals surface area contributed by atoms with Gasteiger partial charge < -0.3 is 18.9 Å². The summed E-state index contributed by atoms with van der Waals surface area (Å²) in [6.45, 7) is 9.12. The van der Waals surface area contributed by atoms with Gasteiger partial charge >= 0.3 is 7.12 Å². The Bertz CT molecular complexity index is 685. The van der Waals surface area contributed by atoms with Gasteiger partial charge in [-0.2, -0.15) is 0 Å². The Morgan fingerprint density at radius 2 is 1.81 bits per heavy atom. The lowest BCUT2D eigenvalue weighted by atomic mass is 9.77. The fourth-order valence-electron chi connectivity index (χ4n) is 3.48. The molecule has 0 N–H and O–H groups in total. The van der Waals surface area contributed by atoms with E-state index in [0.717, 1.165) is 18.4 Å². The van der Waals surface area contributed by atoms with Crippen molar-refractivity contribution in [1.82, 2.24) is 4.90 Å². The average Bonchev–Trinajstić information content (AvgIpc) is 2.84. The van der Waals surface area contributed by atoms with Gasteiger partial charge in [0.2, 0.25) is 5.91 Å². The van der Waals surface area contributed by atoms with Crippen molar-refractivity contribution in [2.75, 3.05) is 20.2 Å². The summed E-state index contributed by atoms with van der Waals surface area (Å²) in [5, 5.41) is 0. The first-order valence-electron chi connectivity index (χ1n) is 9.57. The van der Waals surface area contributed by atoms with Crippen molar-refractivity contribution in [3.63, 3.8) is 0 Å². The van der Waals surface area contributed by atoms with E-state index in [0.29, 0.717) is 18.6 Å². The molecule has 0 saturated carbocycles. The van der Waals surface area contributed by atoms with Crippen molar-refractivity contribution in [3.8, 4) is 0 Å². The van der Waals surface area contributed by atoms with Gasteiger partial charge in [-0.05, 0) is 52.2 Å². The lowest BCUT2D eigenvalue weighted by Crippen LogP contribution is -2.41. The number of rotatable bonds is 4. The molecule has 0 aliphatic carbocycles. The molecular weight excluding hydrogens is 348 g/mol. The summed E-state index contributed by atoms with van der Waals surface area (Å²) < 4.78 is 31.7. The van der Waals surface area contributed by atoms with E-state index in [2.05, 4.69) is 0 Å². The Balaban J connectivity index is 1.70. The maximum Gasteiger partial charge on any atom is 0.497 e. The summed E-state index contributed by atoms with van der Waals surface area (Å²) in [6.07, 6.45) is 2.18. The van der Waals surface area contributed by atoms with Crippen LogP contribution in [-0.2, 0) is 25.3 Å². The minimum Gasteiger partial charge on any atom is -0.399 e. The summed E-state index contributed by atoms with van der Waals surface area (Å²) in [5.41, 5.74) is 0.0282. The van der Waals surface area contributed by atoms with Crippen molar-refractivity contribution < 1.29 is 23.2 Å². The van der Waals surface area contributed by atoms with Crippen LogP contribution in [-0.4, -0.2) is 55.4 Å². The van der Waals surface area contributed by atoms with Crippen LogP contribution in [0.2, 0.25) is 0 Å². The fourth-order valence-corrected chi connectivity index (χ4v) is 3.48. The molecule has 2 saturated heterocycles. The third kappa shape index (κ3) is 4.20. The molecule has 0 unspecified atom stereocenters. The largest absolute Gasteiger partial charge is 0.497 e. The molecule has 0 aromatic heterocycles. The number of benzene rings is 1. The summed E-state index contributed by atoms with van der Waals surface area (Å²) >= 11 is 0. The molecule has 2 aliphatic rings. The first-order chi connectivity index (χ1) is 12.6. The smallest absolute Gasteiger partial charge is 0.399 e. The zero-order valence-electron chi connectivity index (χ0n) is 16.9. The molecule has 1 amide bonds. The quantitative estimate of drug-likeness (QED) is 0.756. The molecule has 2 aliphatic heterocycles. The van der Waals surface area contributed by atoms with E-state index in [-0.39, 0.29) is 24.2 Å². The van der Waals surface area contributed by atoms with Gasteiger partial charge in [-0.15, -0.1) is 0 Å². The highest BCUT2D eigenvalue weighted by Crippen LogP contribution is 2.36. The SMILES string of the molecule is COC1CCN(C(=O)Cc2ccc(F)c(B3OC(C)(C)C(C)(C)O3)c2)CC1. The number of carbonyl (C=O) groups is 1.